The van der Waals surface area contributed by atoms with Crippen LogP contribution < -0.4 is 5.73 Å². The second kappa shape index (κ2) is 4.20. The van der Waals surface area contributed by atoms with Gasteiger partial charge in [-0.1, -0.05) is 41.5 Å². The number of urea groups is 1. The van der Waals surface area contributed by atoms with Gasteiger partial charge in [0, 0.05) is 13.1 Å². The Morgan fingerprint density at radius 2 is 1.29 bits per heavy atom. The van der Waals surface area contributed by atoms with Crippen LogP contribution in [0.5, 0.6) is 0 Å². The zero-order chi connectivity index (χ0) is 11.6. The van der Waals surface area contributed by atoms with Crippen molar-refractivity contribution in [3.8, 4) is 0 Å². The smallest absolute Gasteiger partial charge is 0.322 e. The molecule has 0 fully saturated rings. The molecule has 0 spiro atoms. The van der Waals surface area contributed by atoms with E-state index in [-0.39, 0.29) is 10.8 Å². The zero-order valence-corrected chi connectivity index (χ0v) is 10.3. The van der Waals surface area contributed by atoms with E-state index in [1.165, 1.54) is 0 Å². The highest BCUT2D eigenvalue weighted by Gasteiger charge is 2.24. The molecule has 1 radical (unpaired) electrons. The molecule has 0 saturated carbocycles. The molecule has 0 aliphatic rings. The lowest BCUT2D eigenvalue weighted by Gasteiger charge is -2.33. The molecule has 0 heterocycles. The van der Waals surface area contributed by atoms with Crippen molar-refractivity contribution in [2.45, 2.75) is 41.5 Å². The van der Waals surface area contributed by atoms with Crippen molar-refractivity contribution in [3.63, 3.8) is 0 Å². The Bertz CT molecular complexity index is 182. The quantitative estimate of drug-likeness (QED) is 0.674. The van der Waals surface area contributed by atoms with Crippen molar-refractivity contribution in [1.29, 1.82) is 0 Å². The molecule has 3 heteroatoms. The Hall–Kier alpha value is -0.730. The van der Waals surface area contributed by atoms with E-state index in [1.807, 2.05) is 0 Å². The third kappa shape index (κ3) is 6.75. The minimum absolute atomic E-state index is 0.0575. The lowest BCUT2D eigenvalue weighted by molar-refractivity contribution is 0.152. The summed E-state index contributed by atoms with van der Waals surface area (Å²) in [5, 5.41) is 0. The molecule has 0 aromatic carbocycles. The number of nitrogens with one attached hydrogen (secondary N) is 1. The van der Waals surface area contributed by atoms with E-state index in [4.69, 9.17) is 5.73 Å². The summed E-state index contributed by atoms with van der Waals surface area (Å²) >= 11 is 0. The lowest BCUT2D eigenvalue weighted by atomic mass is 9.92. The fraction of sp³-hybridized carbons (Fsp3) is 0.909. The molecule has 0 atom stereocenters. The van der Waals surface area contributed by atoms with Gasteiger partial charge in [0.2, 0.25) is 0 Å². The first kappa shape index (κ1) is 13.3. The van der Waals surface area contributed by atoms with E-state index in [0.29, 0.717) is 13.1 Å². The first-order valence-corrected chi connectivity index (χ1v) is 5.02. The Labute approximate surface area is 87.6 Å². The Morgan fingerprint density at radius 1 is 1.00 bits per heavy atom. The number of carbonyl (C=O) groups excluding carboxylic acids is 1. The Balaban J connectivity index is 4.40. The van der Waals surface area contributed by atoms with Crippen molar-refractivity contribution < 1.29 is 4.79 Å². The summed E-state index contributed by atoms with van der Waals surface area (Å²) < 4.78 is 0. The van der Waals surface area contributed by atoms with Crippen LogP contribution in [-0.2, 0) is 0 Å². The number of nitrogens with zero attached hydrogens (tertiary/aromatic N) is 1. The van der Waals surface area contributed by atoms with Crippen molar-refractivity contribution in [3.05, 3.63) is 0 Å². The first-order chi connectivity index (χ1) is 6.01. The molecule has 0 rings (SSSR count). The maximum atomic E-state index is 11.1. The fourth-order valence-corrected chi connectivity index (χ4v) is 1.34. The van der Waals surface area contributed by atoms with Crippen LogP contribution in [0.1, 0.15) is 41.5 Å². The number of rotatable bonds is 2. The van der Waals surface area contributed by atoms with Gasteiger partial charge in [0.15, 0.2) is 0 Å². The summed E-state index contributed by atoms with van der Waals surface area (Å²) in [6.07, 6.45) is 0. The first-order valence-electron chi connectivity index (χ1n) is 5.02. The summed E-state index contributed by atoms with van der Waals surface area (Å²) in [5.41, 5.74) is 7.30. The summed E-state index contributed by atoms with van der Waals surface area (Å²) in [7, 11) is 0. The number of hydrogen-bond acceptors (Lipinski definition) is 1. The Kier molecular flexibility index (Phi) is 3.98. The second-order valence-corrected chi connectivity index (χ2v) is 6.28. The van der Waals surface area contributed by atoms with Gasteiger partial charge in [-0.2, -0.15) is 0 Å². The number of hydrogen-bond donors (Lipinski definition) is 0. The second-order valence-electron chi connectivity index (χ2n) is 6.28. The van der Waals surface area contributed by atoms with Crippen LogP contribution in [0.2, 0.25) is 0 Å². The van der Waals surface area contributed by atoms with Crippen LogP contribution in [-0.4, -0.2) is 24.0 Å². The summed E-state index contributed by atoms with van der Waals surface area (Å²) in [5.74, 6) is 0. The van der Waals surface area contributed by atoms with E-state index >= 15 is 0 Å². The highest BCUT2D eigenvalue weighted by atomic mass is 16.2. The molecular weight excluding hydrogens is 176 g/mol. The molecule has 0 aliphatic heterocycles. The van der Waals surface area contributed by atoms with E-state index in [1.54, 1.807) is 4.90 Å². The molecule has 0 aromatic heterocycles. The van der Waals surface area contributed by atoms with Gasteiger partial charge in [-0.05, 0) is 10.8 Å². The summed E-state index contributed by atoms with van der Waals surface area (Å²) in [4.78, 5) is 12.7. The van der Waals surface area contributed by atoms with Crippen LogP contribution in [0.4, 0.5) is 4.79 Å². The van der Waals surface area contributed by atoms with Gasteiger partial charge >= 0.3 is 6.03 Å². The number of amides is 2. The highest BCUT2D eigenvalue weighted by Crippen LogP contribution is 2.20. The average molecular weight is 199 g/mol. The van der Waals surface area contributed by atoms with Crippen LogP contribution >= 0.6 is 0 Å². The van der Waals surface area contributed by atoms with Crippen molar-refractivity contribution in [2.24, 2.45) is 10.8 Å². The minimum Gasteiger partial charge on any atom is -0.322 e. The number of carbonyl (C=O) groups is 1. The maximum Gasteiger partial charge on any atom is 0.336 e. The Morgan fingerprint density at radius 3 is 1.43 bits per heavy atom. The normalized spacial score (nSPS) is 12.7. The average Bonchev–Trinajstić information content (AvgIpc) is 1.78. The van der Waals surface area contributed by atoms with Gasteiger partial charge < -0.3 is 4.90 Å². The van der Waals surface area contributed by atoms with Gasteiger partial charge in [-0.3, -0.25) is 0 Å². The zero-order valence-electron chi connectivity index (χ0n) is 10.3. The van der Waals surface area contributed by atoms with Gasteiger partial charge in [0.25, 0.3) is 0 Å². The van der Waals surface area contributed by atoms with E-state index in [0.717, 1.165) is 0 Å². The van der Waals surface area contributed by atoms with Crippen LogP contribution in [0.25, 0.3) is 0 Å². The van der Waals surface area contributed by atoms with Crippen LogP contribution in [0.3, 0.4) is 0 Å². The molecule has 1 N–H and O–H groups in total. The van der Waals surface area contributed by atoms with Crippen LogP contribution in [0.15, 0.2) is 0 Å². The van der Waals surface area contributed by atoms with Crippen molar-refractivity contribution >= 4 is 6.03 Å². The highest BCUT2D eigenvalue weighted by molar-refractivity contribution is 5.71. The van der Waals surface area contributed by atoms with Gasteiger partial charge in [-0.25, -0.2) is 10.5 Å². The molecule has 14 heavy (non-hydrogen) atoms. The lowest BCUT2D eigenvalue weighted by Crippen LogP contribution is -2.42. The van der Waals surface area contributed by atoms with Gasteiger partial charge in [-0.15, -0.1) is 0 Å². The SMILES string of the molecule is CC(C)(C)CN(CC(C)(C)C)C([NH])=O. The van der Waals surface area contributed by atoms with Gasteiger partial charge in [0.05, 0.1) is 0 Å². The van der Waals surface area contributed by atoms with E-state index in [2.05, 4.69) is 41.5 Å². The van der Waals surface area contributed by atoms with Gasteiger partial charge in [0.1, 0.15) is 0 Å². The summed E-state index contributed by atoms with van der Waals surface area (Å²) in [6.45, 7) is 13.7. The monoisotopic (exact) mass is 199 g/mol. The third-order valence-corrected chi connectivity index (χ3v) is 1.62. The molecule has 0 saturated heterocycles. The van der Waals surface area contributed by atoms with Crippen molar-refractivity contribution in [2.75, 3.05) is 13.1 Å². The molecule has 0 bridgehead atoms. The predicted octanol–water partition coefficient (Wildman–Crippen LogP) is 2.78. The standard InChI is InChI=1S/C11H23N2O/c1-10(2,3)7-13(9(12)14)8-11(4,5)6/h12H,7-8H2,1-6H3. The van der Waals surface area contributed by atoms with E-state index in [9.17, 15) is 4.79 Å². The third-order valence-electron chi connectivity index (χ3n) is 1.62. The minimum atomic E-state index is -0.574. The maximum absolute atomic E-state index is 11.1. The van der Waals surface area contributed by atoms with E-state index < -0.39 is 6.03 Å². The molecular formula is C11H23N2O. The molecule has 0 aliphatic carbocycles. The largest absolute Gasteiger partial charge is 0.336 e. The molecule has 0 unspecified atom stereocenters. The molecule has 3 nitrogen and oxygen atoms in total. The predicted molar refractivity (Wildman–Crippen MR) is 59.0 cm³/mol. The summed E-state index contributed by atoms with van der Waals surface area (Å²) in [6, 6.07) is -0.574. The molecule has 83 valence electrons. The van der Waals surface area contributed by atoms with Crippen molar-refractivity contribution in [1.82, 2.24) is 10.6 Å². The van der Waals surface area contributed by atoms with Crippen LogP contribution in [0, 0.1) is 10.8 Å². The topological polar surface area (TPSA) is 44.1 Å². The fourth-order valence-electron chi connectivity index (χ4n) is 1.34. The molecule has 2 amide bonds. The molecule has 0 aromatic rings.